The van der Waals surface area contributed by atoms with Crippen molar-refractivity contribution in [1.82, 2.24) is 20.1 Å². The third kappa shape index (κ3) is 5.26. The van der Waals surface area contributed by atoms with Gasteiger partial charge in [0.2, 0.25) is 0 Å². The van der Waals surface area contributed by atoms with E-state index >= 15 is 0 Å². The highest BCUT2D eigenvalue weighted by Gasteiger charge is 2.39. The van der Waals surface area contributed by atoms with Gasteiger partial charge in [-0.15, -0.1) is 0 Å². The van der Waals surface area contributed by atoms with E-state index in [0.717, 1.165) is 68.5 Å². The SMILES string of the molecule is CC(C)COc1cccc2[nH]c(C(=O)NC3CCN(CCN4C5CCC4CC(O)C5)CC3)cc12. The zero-order valence-corrected chi connectivity index (χ0v) is 20.6. The number of rotatable bonds is 8. The van der Waals surface area contributed by atoms with Gasteiger partial charge in [0.1, 0.15) is 11.4 Å². The van der Waals surface area contributed by atoms with Gasteiger partial charge < -0.3 is 25.0 Å². The van der Waals surface area contributed by atoms with Crippen LogP contribution in [0.5, 0.6) is 5.75 Å². The Hall–Kier alpha value is -2.09. The number of carbonyl (C=O) groups is 1. The molecule has 5 rings (SSSR count). The lowest BCUT2D eigenvalue weighted by molar-refractivity contribution is 0.0284. The molecule has 3 fully saturated rings. The predicted molar refractivity (Wildman–Crippen MR) is 134 cm³/mol. The minimum absolute atomic E-state index is 0.0343. The number of nitrogens with zero attached hydrogens (tertiary/aromatic N) is 2. The first-order valence-corrected chi connectivity index (χ1v) is 13.2. The second kappa shape index (κ2) is 10.3. The fraction of sp³-hybridized carbons (Fsp3) is 0.667. The lowest BCUT2D eigenvalue weighted by atomic mass is 10.00. The lowest BCUT2D eigenvalue weighted by Gasteiger charge is -2.39. The molecule has 3 saturated heterocycles. The summed E-state index contributed by atoms with van der Waals surface area (Å²) in [6.45, 7) is 9.16. The zero-order valence-electron chi connectivity index (χ0n) is 20.6. The number of likely N-dealkylation sites (tertiary alicyclic amines) is 1. The summed E-state index contributed by atoms with van der Waals surface area (Å²) in [5.74, 6) is 1.24. The molecule has 3 aliphatic rings. The van der Waals surface area contributed by atoms with Crippen molar-refractivity contribution < 1.29 is 14.6 Å². The highest BCUT2D eigenvalue weighted by atomic mass is 16.5. The van der Waals surface area contributed by atoms with Crippen LogP contribution in [0.15, 0.2) is 24.3 Å². The number of aromatic nitrogens is 1. The van der Waals surface area contributed by atoms with Crippen LogP contribution in [-0.2, 0) is 0 Å². The molecule has 186 valence electrons. The van der Waals surface area contributed by atoms with Gasteiger partial charge in [-0.25, -0.2) is 0 Å². The fourth-order valence-corrected chi connectivity index (χ4v) is 6.06. The molecule has 2 atom stereocenters. The van der Waals surface area contributed by atoms with E-state index < -0.39 is 0 Å². The van der Waals surface area contributed by atoms with Gasteiger partial charge >= 0.3 is 0 Å². The first-order chi connectivity index (χ1) is 16.5. The summed E-state index contributed by atoms with van der Waals surface area (Å²) in [5.41, 5.74) is 1.53. The molecule has 7 nitrogen and oxygen atoms in total. The fourth-order valence-electron chi connectivity index (χ4n) is 6.06. The first-order valence-electron chi connectivity index (χ1n) is 13.2. The van der Waals surface area contributed by atoms with Crippen LogP contribution in [0.3, 0.4) is 0 Å². The summed E-state index contributed by atoms with van der Waals surface area (Å²) in [6, 6.07) is 9.21. The van der Waals surface area contributed by atoms with Gasteiger partial charge in [-0.1, -0.05) is 19.9 Å². The molecule has 2 bridgehead atoms. The number of carbonyl (C=O) groups excluding carboxylic acids is 1. The molecule has 7 heteroatoms. The highest BCUT2D eigenvalue weighted by molar-refractivity contribution is 5.99. The van der Waals surface area contributed by atoms with Crippen LogP contribution in [0, 0.1) is 5.92 Å². The van der Waals surface area contributed by atoms with Crippen molar-refractivity contribution in [2.45, 2.75) is 76.6 Å². The van der Waals surface area contributed by atoms with E-state index in [-0.39, 0.29) is 18.1 Å². The second-order valence-electron chi connectivity index (χ2n) is 10.9. The Labute approximate surface area is 202 Å². The number of aromatic amines is 1. The maximum Gasteiger partial charge on any atom is 0.267 e. The Bertz CT molecular complexity index is 967. The second-order valence-corrected chi connectivity index (χ2v) is 10.9. The van der Waals surface area contributed by atoms with E-state index in [1.54, 1.807) is 0 Å². The highest BCUT2D eigenvalue weighted by Crippen LogP contribution is 2.35. The molecule has 34 heavy (non-hydrogen) atoms. The Morgan fingerprint density at radius 3 is 2.59 bits per heavy atom. The Morgan fingerprint density at radius 2 is 1.88 bits per heavy atom. The first kappa shape index (κ1) is 23.6. The molecule has 2 aromatic rings. The molecular formula is C27H40N4O3. The van der Waals surface area contributed by atoms with Crippen LogP contribution in [-0.4, -0.2) is 82.8 Å². The van der Waals surface area contributed by atoms with Crippen LogP contribution in [0.25, 0.3) is 10.9 Å². The van der Waals surface area contributed by atoms with E-state index in [1.165, 1.54) is 12.8 Å². The molecule has 0 aliphatic carbocycles. The summed E-state index contributed by atoms with van der Waals surface area (Å²) < 4.78 is 5.95. The van der Waals surface area contributed by atoms with Crippen molar-refractivity contribution >= 4 is 16.8 Å². The topological polar surface area (TPSA) is 80.8 Å². The molecule has 0 saturated carbocycles. The van der Waals surface area contributed by atoms with Gasteiger partial charge in [-0.3, -0.25) is 9.69 Å². The van der Waals surface area contributed by atoms with E-state index in [0.29, 0.717) is 30.3 Å². The van der Waals surface area contributed by atoms with Crippen molar-refractivity contribution in [3.05, 3.63) is 30.0 Å². The number of piperidine rings is 2. The predicted octanol–water partition coefficient (Wildman–Crippen LogP) is 3.38. The minimum atomic E-state index is -0.0930. The average molecular weight is 469 g/mol. The summed E-state index contributed by atoms with van der Waals surface area (Å²) in [4.78, 5) is 21.4. The number of hydrogen-bond acceptors (Lipinski definition) is 5. The molecule has 4 heterocycles. The van der Waals surface area contributed by atoms with E-state index in [2.05, 4.69) is 33.9 Å². The monoisotopic (exact) mass is 468 g/mol. The smallest absolute Gasteiger partial charge is 0.267 e. The van der Waals surface area contributed by atoms with Crippen LogP contribution >= 0.6 is 0 Å². The molecule has 2 unspecified atom stereocenters. The van der Waals surface area contributed by atoms with E-state index in [9.17, 15) is 9.90 Å². The van der Waals surface area contributed by atoms with Gasteiger partial charge in [-0.2, -0.15) is 0 Å². The summed E-state index contributed by atoms with van der Waals surface area (Å²) in [6.07, 6.45) is 6.27. The third-order valence-electron chi connectivity index (χ3n) is 7.90. The molecular weight excluding hydrogens is 428 g/mol. The number of aliphatic hydroxyl groups excluding tert-OH is 1. The summed E-state index contributed by atoms with van der Waals surface area (Å²) >= 11 is 0. The normalized spacial score (nSPS) is 26.4. The van der Waals surface area contributed by atoms with Gasteiger partial charge in [0, 0.05) is 55.2 Å². The summed E-state index contributed by atoms with van der Waals surface area (Å²) in [7, 11) is 0. The molecule has 0 radical (unpaired) electrons. The summed E-state index contributed by atoms with van der Waals surface area (Å²) in [5, 5.41) is 14.2. The van der Waals surface area contributed by atoms with Crippen LogP contribution < -0.4 is 10.1 Å². The zero-order chi connectivity index (χ0) is 23.7. The molecule has 1 aromatic carbocycles. The van der Waals surface area contributed by atoms with Crippen molar-refractivity contribution in [3.63, 3.8) is 0 Å². The maximum atomic E-state index is 13.0. The van der Waals surface area contributed by atoms with Gasteiger partial charge in [-0.05, 0) is 62.6 Å². The minimum Gasteiger partial charge on any atom is -0.493 e. The molecule has 1 amide bonds. The number of H-pyrrole nitrogens is 1. The Kier molecular flexibility index (Phi) is 7.14. The Balaban J connectivity index is 1.10. The van der Waals surface area contributed by atoms with Crippen molar-refractivity contribution in [2.75, 3.05) is 32.8 Å². The largest absolute Gasteiger partial charge is 0.493 e. The van der Waals surface area contributed by atoms with Crippen molar-refractivity contribution in [3.8, 4) is 5.75 Å². The Morgan fingerprint density at radius 1 is 1.15 bits per heavy atom. The number of fused-ring (bicyclic) bond motifs is 3. The van der Waals surface area contributed by atoms with Gasteiger partial charge in [0.25, 0.3) is 5.91 Å². The average Bonchev–Trinajstić information content (AvgIpc) is 3.36. The van der Waals surface area contributed by atoms with E-state index in [4.69, 9.17) is 4.74 Å². The van der Waals surface area contributed by atoms with Gasteiger partial charge in [0.15, 0.2) is 0 Å². The van der Waals surface area contributed by atoms with Crippen LogP contribution in [0.2, 0.25) is 0 Å². The van der Waals surface area contributed by atoms with Crippen LogP contribution in [0.1, 0.15) is 62.9 Å². The van der Waals surface area contributed by atoms with Crippen LogP contribution in [0.4, 0.5) is 0 Å². The standard InChI is InChI=1S/C27H40N4O3/c1-18(2)17-34-26-5-3-4-24-23(26)16-25(29-24)27(33)28-19-8-10-30(11-9-19)12-13-31-20-6-7-21(31)15-22(32)14-20/h3-5,16,18-22,29,32H,6-15,17H2,1-2H3,(H,28,33). The van der Waals surface area contributed by atoms with E-state index in [1.807, 2.05) is 24.3 Å². The quantitative estimate of drug-likeness (QED) is 0.553. The number of hydrogen-bond donors (Lipinski definition) is 3. The van der Waals surface area contributed by atoms with Crippen molar-refractivity contribution in [2.24, 2.45) is 5.92 Å². The maximum absolute atomic E-state index is 13.0. The molecule has 0 spiro atoms. The number of aliphatic hydroxyl groups is 1. The number of ether oxygens (including phenoxy) is 1. The number of amides is 1. The third-order valence-corrected chi connectivity index (χ3v) is 7.90. The number of nitrogens with one attached hydrogen (secondary N) is 2. The number of benzene rings is 1. The lowest BCUT2D eigenvalue weighted by Crippen LogP contribution is -2.50. The molecule has 3 N–H and O–H groups in total. The van der Waals surface area contributed by atoms with Crippen molar-refractivity contribution in [1.29, 1.82) is 0 Å². The molecule has 3 aliphatic heterocycles. The van der Waals surface area contributed by atoms with Gasteiger partial charge in [0.05, 0.1) is 12.7 Å². The molecule has 1 aromatic heterocycles.